The number of carbonyl (C=O) groups is 3. The molecule has 0 saturated carbocycles. The van der Waals surface area contributed by atoms with Gasteiger partial charge in [-0.15, -0.1) is 0 Å². The third kappa shape index (κ3) is 5.62. The van der Waals surface area contributed by atoms with E-state index >= 15 is 0 Å². The van der Waals surface area contributed by atoms with Gasteiger partial charge >= 0.3 is 5.97 Å². The Balaban J connectivity index is 1.46. The van der Waals surface area contributed by atoms with Gasteiger partial charge < -0.3 is 24.2 Å². The number of hydrogen-bond donors (Lipinski definition) is 0. The van der Waals surface area contributed by atoms with Crippen molar-refractivity contribution >= 4 is 34.7 Å². The molecule has 0 spiro atoms. The molecule has 2 amide bonds. The summed E-state index contributed by atoms with van der Waals surface area (Å²) in [6.07, 6.45) is 0.701. The number of para-hydroxylation sites is 1. The number of hydrogen-bond acceptors (Lipinski definition) is 8. The number of carbonyl (C=O) groups excluding carboxylic acids is 3. The SMILES string of the molecule is CCC1=C(C(=O)OC)C(c2cccc(Oc3ccccc3)c2)N2C(CC(=O)N3CCN(C(C)=O)CC3)=CSC2=N1. The van der Waals surface area contributed by atoms with Crippen molar-refractivity contribution in [2.75, 3.05) is 33.3 Å². The van der Waals surface area contributed by atoms with Crippen LogP contribution in [-0.4, -0.2) is 70.9 Å². The third-order valence-electron chi connectivity index (χ3n) is 7.19. The van der Waals surface area contributed by atoms with Gasteiger partial charge in [0.2, 0.25) is 11.8 Å². The number of nitrogens with zero attached hydrogens (tertiary/aromatic N) is 4. The Morgan fingerprint density at radius 2 is 1.68 bits per heavy atom. The largest absolute Gasteiger partial charge is 0.466 e. The van der Waals surface area contributed by atoms with E-state index in [1.807, 2.05) is 71.8 Å². The van der Waals surface area contributed by atoms with Crippen LogP contribution in [0.25, 0.3) is 0 Å². The first-order chi connectivity index (χ1) is 19.4. The van der Waals surface area contributed by atoms with E-state index in [9.17, 15) is 14.4 Å². The van der Waals surface area contributed by atoms with Gasteiger partial charge in [-0.05, 0) is 41.7 Å². The zero-order chi connectivity index (χ0) is 28.2. The molecule has 1 atom stereocenters. The molecule has 3 aliphatic heterocycles. The molecule has 3 heterocycles. The standard InChI is InChI=1S/C30H32N4O5S/c1-4-25-27(29(37)38-3)28(21-9-8-12-24(17-21)39-23-10-6-5-7-11-23)34-22(19-40-30(34)31-25)18-26(36)33-15-13-32(14-16-33)20(2)35/h5-12,17,19,28H,4,13-16,18H2,1-3H3. The second-order valence-electron chi connectivity index (χ2n) is 9.65. The number of esters is 1. The highest BCUT2D eigenvalue weighted by molar-refractivity contribution is 8.16. The summed E-state index contributed by atoms with van der Waals surface area (Å²) in [5.74, 6) is 0.873. The summed E-state index contributed by atoms with van der Waals surface area (Å²) in [6.45, 7) is 5.55. The van der Waals surface area contributed by atoms with Crippen LogP contribution in [0.4, 0.5) is 0 Å². The van der Waals surface area contributed by atoms with Gasteiger partial charge in [0.25, 0.3) is 0 Å². The van der Waals surface area contributed by atoms with Crippen molar-refractivity contribution in [1.82, 2.24) is 14.7 Å². The third-order valence-corrected chi connectivity index (χ3v) is 8.08. The van der Waals surface area contributed by atoms with E-state index in [1.54, 1.807) is 16.7 Å². The Labute approximate surface area is 238 Å². The number of aliphatic imine (C=N–C) groups is 1. The fourth-order valence-corrected chi connectivity index (χ4v) is 6.08. The molecule has 0 bridgehead atoms. The van der Waals surface area contributed by atoms with Crippen molar-refractivity contribution in [2.24, 2.45) is 4.99 Å². The zero-order valence-corrected chi connectivity index (χ0v) is 23.6. The van der Waals surface area contributed by atoms with E-state index in [4.69, 9.17) is 14.5 Å². The van der Waals surface area contributed by atoms with E-state index in [0.717, 1.165) is 11.3 Å². The van der Waals surface area contributed by atoms with E-state index in [1.165, 1.54) is 18.9 Å². The molecule has 9 nitrogen and oxygen atoms in total. The minimum atomic E-state index is -0.544. The van der Waals surface area contributed by atoms with Gasteiger partial charge in [0.15, 0.2) is 5.17 Å². The number of fused-ring (bicyclic) bond motifs is 1. The number of benzene rings is 2. The van der Waals surface area contributed by atoms with Crippen molar-refractivity contribution in [2.45, 2.75) is 32.7 Å². The molecule has 1 fully saturated rings. The Kier molecular flexibility index (Phi) is 8.25. The van der Waals surface area contributed by atoms with Crippen LogP contribution in [0.5, 0.6) is 11.5 Å². The van der Waals surface area contributed by atoms with Gasteiger partial charge in [0, 0.05) is 38.8 Å². The number of amides is 2. The molecule has 0 N–H and O–H groups in total. The molecule has 208 valence electrons. The van der Waals surface area contributed by atoms with E-state index in [-0.39, 0.29) is 18.2 Å². The molecular weight excluding hydrogens is 528 g/mol. The predicted molar refractivity (Wildman–Crippen MR) is 153 cm³/mol. The van der Waals surface area contributed by atoms with Gasteiger partial charge in [-0.3, -0.25) is 9.59 Å². The van der Waals surface area contributed by atoms with Crippen LogP contribution in [0.2, 0.25) is 0 Å². The van der Waals surface area contributed by atoms with Crippen molar-refractivity contribution in [3.05, 3.63) is 82.5 Å². The number of thioether (sulfide) groups is 1. The highest BCUT2D eigenvalue weighted by Crippen LogP contribution is 2.46. The first kappa shape index (κ1) is 27.5. The number of rotatable bonds is 7. The first-order valence-corrected chi connectivity index (χ1v) is 14.2. The maximum absolute atomic E-state index is 13.4. The minimum absolute atomic E-state index is 0.0198. The normalized spacial score (nSPS) is 18.7. The maximum atomic E-state index is 13.4. The van der Waals surface area contributed by atoms with Crippen LogP contribution in [0.3, 0.4) is 0 Å². The summed E-state index contributed by atoms with van der Waals surface area (Å²) in [4.78, 5) is 48.6. The fraction of sp³-hybridized carbons (Fsp3) is 0.333. The van der Waals surface area contributed by atoms with Crippen molar-refractivity contribution in [3.63, 3.8) is 0 Å². The van der Waals surface area contributed by atoms with Crippen LogP contribution >= 0.6 is 11.8 Å². The Morgan fingerprint density at radius 3 is 2.35 bits per heavy atom. The molecule has 0 aliphatic carbocycles. The van der Waals surface area contributed by atoms with Gasteiger partial charge in [0.05, 0.1) is 30.8 Å². The summed E-state index contributed by atoms with van der Waals surface area (Å²) in [6, 6.07) is 16.6. The molecule has 3 aliphatic rings. The summed E-state index contributed by atoms with van der Waals surface area (Å²) in [5.41, 5.74) is 2.69. The number of allylic oxidation sites excluding steroid dienone is 1. The van der Waals surface area contributed by atoms with E-state index < -0.39 is 12.0 Å². The van der Waals surface area contributed by atoms with Crippen LogP contribution in [-0.2, 0) is 19.1 Å². The molecule has 40 heavy (non-hydrogen) atoms. The number of amidine groups is 1. The molecule has 0 radical (unpaired) electrons. The van der Waals surface area contributed by atoms with Gasteiger partial charge in [0.1, 0.15) is 11.5 Å². The molecule has 1 saturated heterocycles. The van der Waals surface area contributed by atoms with Crippen molar-refractivity contribution < 1.29 is 23.9 Å². The number of piperazine rings is 1. The molecule has 1 unspecified atom stereocenters. The highest BCUT2D eigenvalue weighted by atomic mass is 32.2. The fourth-order valence-electron chi connectivity index (χ4n) is 5.14. The van der Waals surface area contributed by atoms with E-state index in [2.05, 4.69) is 0 Å². The predicted octanol–water partition coefficient (Wildman–Crippen LogP) is 4.70. The molecule has 0 aromatic heterocycles. The van der Waals surface area contributed by atoms with Gasteiger partial charge in [-0.2, -0.15) is 0 Å². The molecule has 2 aromatic rings. The number of ether oxygens (including phenoxy) is 2. The lowest BCUT2D eigenvalue weighted by atomic mass is 9.92. The van der Waals surface area contributed by atoms with Gasteiger partial charge in [-0.1, -0.05) is 49.0 Å². The zero-order valence-electron chi connectivity index (χ0n) is 22.8. The second kappa shape index (κ2) is 12.0. The summed E-state index contributed by atoms with van der Waals surface area (Å²) in [5, 5.41) is 2.65. The monoisotopic (exact) mass is 560 g/mol. The lowest BCUT2D eigenvalue weighted by Crippen LogP contribution is -2.50. The van der Waals surface area contributed by atoms with Crippen molar-refractivity contribution in [3.8, 4) is 11.5 Å². The van der Waals surface area contributed by atoms with Crippen molar-refractivity contribution in [1.29, 1.82) is 0 Å². The van der Waals surface area contributed by atoms with E-state index in [0.29, 0.717) is 60.5 Å². The van der Waals surface area contributed by atoms with Crippen LogP contribution in [0, 0.1) is 0 Å². The summed E-state index contributed by atoms with van der Waals surface area (Å²) in [7, 11) is 1.37. The quantitative estimate of drug-likeness (QED) is 0.454. The summed E-state index contributed by atoms with van der Waals surface area (Å²) < 4.78 is 11.3. The Morgan fingerprint density at radius 1 is 0.975 bits per heavy atom. The minimum Gasteiger partial charge on any atom is -0.466 e. The smallest absolute Gasteiger partial charge is 0.338 e. The molecular formula is C30H32N4O5S. The Hall–Kier alpha value is -4.05. The first-order valence-electron chi connectivity index (χ1n) is 13.3. The second-order valence-corrected chi connectivity index (χ2v) is 10.5. The highest BCUT2D eigenvalue weighted by Gasteiger charge is 2.42. The molecule has 10 heteroatoms. The molecule has 5 rings (SSSR count). The topological polar surface area (TPSA) is 91.8 Å². The number of methoxy groups -OCH3 is 1. The van der Waals surface area contributed by atoms with Crippen LogP contribution in [0.15, 0.2) is 82.0 Å². The van der Waals surface area contributed by atoms with Crippen LogP contribution < -0.4 is 4.74 Å². The maximum Gasteiger partial charge on any atom is 0.338 e. The Bertz CT molecular complexity index is 1400. The summed E-state index contributed by atoms with van der Waals surface area (Å²) >= 11 is 1.45. The lowest BCUT2D eigenvalue weighted by molar-refractivity contribution is -0.138. The van der Waals surface area contributed by atoms with Crippen LogP contribution in [0.1, 0.15) is 38.3 Å². The lowest BCUT2D eigenvalue weighted by Gasteiger charge is -2.38. The van der Waals surface area contributed by atoms with Gasteiger partial charge in [-0.25, -0.2) is 9.79 Å². The molecule has 2 aromatic carbocycles. The average Bonchev–Trinajstić information content (AvgIpc) is 3.38. The average molecular weight is 561 g/mol.